The first-order valence-electron chi connectivity index (χ1n) is 7.74. The second kappa shape index (κ2) is 8.32. The molecular weight excluding hydrogens is 276 g/mol. The van der Waals surface area contributed by atoms with Crippen molar-refractivity contribution in [3.05, 3.63) is 57.8 Å². The molecule has 1 aromatic heterocycles. The van der Waals surface area contributed by atoms with Gasteiger partial charge >= 0.3 is 0 Å². The van der Waals surface area contributed by atoms with Gasteiger partial charge in [0.25, 0.3) is 0 Å². The summed E-state index contributed by atoms with van der Waals surface area (Å²) < 4.78 is 0. The van der Waals surface area contributed by atoms with Crippen LogP contribution in [-0.2, 0) is 19.6 Å². The van der Waals surface area contributed by atoms with Crippen molar-refractivity contribution >= 4 is 11.3 Å². The maximum absolute atomic E-state index is 3.39. The van der Waals surface area contributed by atoms with E-state index in [9.17, 15) is 0 Å². The fourth-order valence-electron chi connectivity index (χ4n) is 2.37. The Morgan fingerprint density at radius 3 is 2.57 bits per heavy atom. The molecule has 3 heteroatoms. The van der Waals surface area contributed by atoms with Gasteiger partial charge in [-0.2, -0.15) is 0 Å². The van der Waals surface area contributed by atoms with Gasteiger partial charge in [0.05, 0.1) is 0 Å². The minimum absolute atomic E-state index is 0.546. The topological polar surface area (TPSA) is 15.3 Å². The van der Waals surface area contributed by atoms with E-state index in [1.165, 1.54) is 16.0 Å². The van der Waals surface area contributed by atoms with E-state index in [4.69, 9.17) is 0 Å². The maximum Gasteiger partial charge on any atom is 0.0334 e. The Labute approximate surface area is 132 Å². The molecule has 0 radical (unpaired) electrons. The zero-order valence-electron chi connectivity index (χ0n) is 13.3. The number of nitrogens with one attached hydrogen (secondary N) is 1. The number of thiophene rings is 1. The Balaban J connectivity index is 2.02. The second-order valence-corrected chi connectivity index (χ2v) is 6.71. The van der Waals surface area contributed by atoms with Crippen LogP contribution >= 0.6 is 11.3 Å². The van der Waals surface area contributed by atoms with Crippen molar-refractivity contribution in [1.82, 2.24) is 10.2 Å². The Bertz CT molecular complexity index is 520. The Hall–Kier alpha value is -1.16. The standard InChI is InChI=1S/C18H26N2S/c1-4-19-12-16-7-5-8-17(11-16)13-20(15(2)3)14-18-9-6-10-21-18/h5-11,15,19H,4,12-14H2,1-3H3. The molecule has 0 atom stereocenters. The SMILES string of the molecule is CCNCc1cccc(CN(Cc2cccs2)C(C)C)c1. The number of benzene rings is 1. The van der Waals surface area contributed by atoms with Gasteiger partial charge in [-0.15, -0.1) is 11.3 Å². The van der Waals surface area contributed by atoms with Crippen LogP contribution in [0.4, 0.5) is 0 Å². The van der Waals surface area contributed by atoms with Crippen LogP contribution in [0.2, 0.25) is 0 Å². The predicted molar refractivity (Wildman–Crippen MR) is 92.5 cm³/mol. The first kappa shape index (κ1) is 16.2. The third-order valence-corrected chi connectivity index (χ3v) is 4.49. The van der Waals surface area contributed by atoms with E-state index >= 15 is 0 Å². The van der Waals surface area contributed by atoms with Gasteiger partial charge in [0, 0.05) is 30.6 Å². The highest BCUT2D eigenvalue weighted by molar-refractivity contribution is 7.09. The minimum atomic E-state index is 0.546. The van der Waals surface area contributed by atoms with E-state index in [1.807, 2.05) is 11.3 Å². The van der Waals surface area contributed by atoms with Gasteiger partial charge in [0.1, 0.15) is 0 Å². The molecule has 0 aliphatic heterocycles. The molecule has 0 fully saturated rings. The molecule has 0 saturated carbocycles. The quantitative estimate of drug-likeness (QED) is 0.783. The van der Waals surface area contributed by atoms with Crippen molar-refractivity contribution < 1.29 is 0 Å². The zero-order valence-corrected chi connectivity index (χ0v) is 14.1. The fraction of sp³-hybridized carbons (Fsp3) is 0.444. The highest BCUT2D eigenvalue weighted by Crippen LogP contribution is 2.17. The molecule has 21 heavy (non-hydrogen) atoms. The second-order valence-electron chi connectivity index (χ2n) is 5.68. The number of hydrogen-bond donors (Lipinski definition) is 1. The van der Waals surface area contributed by atoms with Crippen LogP contribution in [0, 0.1) is 0 Å². The summed E-state index contributed by atoms with van der Waals surface area (Å²) in [5, 5.41) is 5.55. The minimum Gasteiger partial charge on any atom is -0.313 e. The number of nitrogens with zero attached hydrogens (tertiary/aromatic N) is 1. The summed E-state index contributed by atoms with van der Waals surface area (Å²) in [5.41, 5.74) is 2.77. The lowest BCUT2D eigenvalue weighted by Gasteiger charge is -2.26. The third kappa shape index (κ3) is 5.27. The van der Waals surface area contributed by atoms with Crippen LogP contribution in [0.3, 0.4) is 0 Å². The molecule has 0 spiro atoms. The molecule has 1 heterocycles. The molecule has 0 aliphatic carbocycles. The molecule has 0 saturated heterocycles. The van der Waals surface area contributed by atoms with Crippen molar-refractivity contribution in [2.75, 3.05) is 6.54 Å². The summed E-state index contributed by atoms with van der Waals surface area (Å²) in [6.07, 6.45) is 0. The van der Waals surface area contributed by atoms with Gasteiger partial charge in [0.15, 0.2) is 0 Å². The first-order valence-corrected chi connectivity index (χ1v) is 8.62. The lowest BCUT2D eigenvalue weighted by molar-refractivity contribution is 0.205. The molecule has 0 amide bonds. The van der Waals surface area contributed by atoms with Gasteiger partial charge in [-0.25, -0.2) is 0 Å². The Morgan fingerprint density at radius 2 is 1.90 bits per heavy atom. The van der Waals surface area contributed by atoms with Crippen molar-refractivity contribution in [3.8, 4) is 0 Å². The molecular formula is C18H26N2S. The lowest BCUT2D eigenvalue weighted by atomic mass is 10.1. The van der Waals surface area contributed by atoms with Crippen LogP contribution in [0.15, 0.2) is 41.8 Å². The molecule has 2 nitrogen and oxygen atoms in total. The van der Waals surface area contributed by atoms with Crippen molar-refractivity contribution in [1.29, 1.82) is 0 Å². The average Bonchev–Trinajstić information content (AvgIpc) is 2.98. The lowest BCUT2D eigenvalue weighted by Crippen LogP contribution is -2.29. The molecule has 0 bridgehead atoms. The van der Waals surface area contributed by atoms with Crippen molar-refractivity contribution in [3.63, 3.8) is 0 Å². The monoisotopic (exact) mass is 302 g/mol. The molecule has 114 valence electrons. The zero-order chi connectivity index (χ0) is 15.1. The molecule has 0 unspecified atom stereocenters. The summed E-state index contributed by atoms with van der Waals surface area (Å²) in [6.45, 7) is 10.7. The predicted octanol–water partition coefficient (Wildman–Crippen LogP) is 4.27. The van der Waals surface area contributed by atoms with E-state index in [1.54, 1.807) is 0 Å². The first-order chi connectivity index (χ1) is 10.2. The Kier molecular flexibility index (Phi) is 6.43. The highest BCUT2D eigenvalue weighted by atomic mass is 32.1. The highest BCUT2D eigenvalue weighted by Gasteiger charge is 2.11. The van der Waals surface area contributed by atoms with Gasteiger partial charge in [-0.3, -0.25) is 4.90 Å². The van der Waals surface area contributed by atoms with E-state index < -0.39 is 0 Å². The summed E-state index contributed by atoms with van der Waals surface area (Å²) in [4.78, 5) is 3.96. The number of hydrogen-bond acceptors (Lipinski definition) is 3. The van der Waals surface area contributed by atoms with E-state index in [-0.39, 0.29) is 0 Å². The molecule has 2 aromatic rings. The average molecular weight is 302 g/mol. The Morgan fingerprint density at radius 1 is 1.10 bits per heavy atom. The molecule has 1 N–H and O–H groups in total. The van der Waals surface area contributed by atoms with Crippen molar-refractivity contribution in [2.45, 2.75) is 46.4 Å². The third-order valence-electron chi connectivity index (χ3n) is 3.63. The largest absolute Gasteiger partial charge is 0.313 e. The molecule has 0 aliphatic rings. The normalized spacial score (nSPS) is 11.5. The molecule has 1 aromatic carbocycles. The summed E-state index contributed by atoms with van der Waals surface area (Å²) in [5.74, 6) is 0. The summed E-state index contributed by atoms with van der Waals surface area (Å²) in [7, 11) is 0. The smallest absolute Gasteiger partial charge is 0.0334 e. The van der Waals surface area contributed by atoms with Crippen LogP contribution < -0.4 is 5.32 Å². The van der Waals surface area contributed by atoms with E-state index in [2.05, 4.69) is 72.8 Å². The van der Waals surface area contributed by atoms with Crippen LogP contribution in [0.5, 0.6) is 0 Å². The van der Waals surface area contributed by atoms with Gasteiger partial charge in [-0.05, 0) is 43.0 Å². The van der Waals surface area contributed by atoms with Crippen LogP contribution in [-0.4, -0.2) is 17.5 Å². The summed E-state index contributed by atoms with van der Waals surface area (Å²) >= 11 is 1.84. The maximum atomic E-state index is 3.39. The molecule has 2 rings (SSSR count). The van der Waals surface area contributed by atoms with E-state index in [0.717, 1.165) is 26.2 Å². The van der Waals surface area contributed by atoms with Gasteiger partial charge < -0.3 is 5.32 Å². The van der Waals surface area contributed by atoms with Gasteiger partial charge in [-0.1, -0.05) is 37.3 Å². The number of rotatable bonds is 8. The summed E-state index contributed by atoms with van der Waals surface area (Å²) in [6, 6.07) is 13.8. The van der Waals surface area contributed by atoms with Crippen molar-refractivity contribution in [2.24, 2.45) is 0 Å². The van der Waals surface area contributed by atoms with Crippen LogP contribution in [0.25, 0.3) is 0 Å². The van der Waals surface area contributed by atoms with E-state index in [0.29, 0.717) is 6.04 Å². The van der Waals surface area contributed by atoms with Gasteiger partial charge in [0.2, 0.25) is 0 Å². The fourth-order valence-corrected chi connectivity index (χ4v) is 3.09. The van der Waals surface area contributed by atoms with Crippen LogP contribution in [0.1, 0.15) is 36.8 Å².